The molecule has 0 radical (unpaired) electrons. The van der Waals surface area contributed by atoms with Crippen molar-refractivity contribution < 1.29 is 9.59 Å². The maximum absolute atomic E-state index is 12.4. The number of nitrogens with one attached hydrogen (secondary N) is 1. The van der Waals surface area contributed by atoms with Gasteiger partial charge >= 0.3 is 0 Å². The third-order valence-electron chi connectivity index (χ3n) is 3.58. The highest BCUT2D eigenvalue weighted by atomic mass is 16.2. The third-order valence-corrected chi connectivity index (χ3v) is 3.58. The van der Waals surface area contributed by atoms with E-state index in [2.05, 4.69) is 5.32 Å². The smallest absolute Gasteiger partial charge is 0.239 e. The van der Waals surface area contributed by atoms with Gasteiger partial charge in [-0.05, 0) is 33.6 Å². The van der Waals surface area contributed by atoms with Gasteiger partial charge in [0.05, 0.1) is 12.0 Å². The standard InChI is InChI=1S/C14H29N3O2/c1-10(2)8-16-11(18)9-17(7)12(19)13(3,4)14(5,6)15/h10H,8-9,15H2,1-7H3,(H,16,18). The van der Waals surface area contributed by atoms with Crippen LogP contribution in [0.5, 0.6) is 0 Å². The molecule has 0 heterocycles. The average molecular weight is 271 g/mol. The number of amides is 2. The summed E-state index contributed by atoms with van der Waals surface area (Å²) in [7, 11) is 1.63. The van der Waals surface area contributed by atoms with E-state index in [1.165, 1.54) is 4.90 Å². The molecule has 0 aliphatic carbocycles. The van der Waals surface area contributed by atoms with Gasteiger partial charge in [0.1, 0.15) is 0 Å². The molecule has 0 unspecified atom stereocenters. The minimum absolute atomic E-state index is 0.0606. The minimum atomic E-state index is -0.722. The predicted molar refractivity (Wildman–Crippen MR) is 77.5 cm³/mol. The van der Waals surface area contributed by atoms with Crippen LogP contribution in [0.3, 0.4) is 0 Å². The fraction of sp³-hybridized carbons (Fsp3) is 0.857. The first-order valence-electron chi connectivity index (χ1n) is 6.70. The Morgan fingerprint density at radius 3 is 2.05 bits per heavy atom. The van der Waals surface area contributed by atoms with Crippen LogP contribution in [0.25, 0.3) is 0 Å². The summed E-state index contributed by atoms with van der Waals surface area (Å²) in [5, 5.41) is 2.79. The van der Waals surface area contributed by atoms with E-state index in [9.17, 15) is 9.59 Å². The lowest BCUT2D eigenvalue weighted by atomic mass is 9.74. The highest BCUT2D eigenvalue weighted by Gasteiger charge is 2.42. The highest BCUT2D eigenvalue weighted by Crippen LogP contribution is 2.30. The van der Waals surface area contributed by atoms with Crippen molar-refractivity contribution in [2.45, 2.75) is 47.1 Å². The lowest BCUT2D eigenvalue weighted by molar-refractivity contribution is -0.144. The summed E-state index contributed by atoms with van der Waals surface area (Å²) in [4.78, 5) is 25.5. The lowest BCUT2D eigenvalue weighted by Crippen LogP contribution is -2.56. The second-order valence-electron chi connectivity index (χ2n) is 6.71. The molecule has 0 bridgehead atoms. The first kappa shape index (κ1) is 17.9. The van der Waals surface area contributed by atoms with Gasteiger partial charge in [0.25, 0.3) is 0 Å². The van der Waals surface area contributed by atoms with Crippen molar-refractivity contribution in [2.24, 2.45) is 17.1 Å². The number of carbonyl (C=O) groups is 2. The van der Waals surface area contributed by atoms with Crippen LogP contribution < -0.4 is 11.1 Å². The Balaban J connectivity index is 4.55. The summed E-state index contributed by atoms with van der Waals surface area (Å²) >= 11 is 0. The summed E-state index contributed by atoms with van der Waals surface area (Å²) < 4.78 is 0. The normalized spacial score (nSPS) is 12.5. The van der Waals surface area contributed by atoms with Crippen LogP contribution in [-0.4, -0.2) is 42.4 Å². The highest BCUT2D eigenvalue weighted by molar-refractivity contribution is 5.88. The summed E-state index contributed by atoms with van der Waals surface area (Å²) in [6.07, 6.45) is 0. The maximum atomic E-state index is 12.4. The van der Waals surface area contributed by atoms with Crippen LogP contribution in [0, 0.1) is 11.3 Å². The zero-order chi connectivity index (χ0) is 15.4. The van der Waals surface area contributed by atoms with E-state index >= 15 is 0 Å². The molecule has 112 valence electrons. The largest absolute Gasteiger partial charge is 0.354 e. The molecule has 3 N–H and O–H groups in total. The van der Waals surface area contributed by atoms with Gasteiger partial charge in [0.2, 0.25) is 11.8 Å². The van der Waals surface area contributed by atoms with Gasteiger partial charge in [0.15, 0.2) is 0 Å². The van der Waals surface area contributed by atoms with Crippen LogP contribution in [-0.2, 0) is 9.59 Å². The molecule has 0 spiro atoms. The van der Waals surface area contributed by atoms with Gasteiger partial charge in [-0.25, -0.2) is 0 Å². The maximum Gasteiger partial charge on any atom is 0.239 e. The summed E-state index contributed by atoms with van der Waals surface area (Å²) in [6, 6.07) is 0. The molecule has 0 atom stereocenters. The quantitative estimate of drug-likeness (QED) is 0.756. The number of nitrogens with zero attached hydrogens (tertiary/aromatic N) is 1. The van der Waals surface area contributed by atoms with E-state index in [-0.39, 0.29) is 18.4 Å². The van der Waals surface area contributed by atoms with Crippen LogP contribution in [0.15, 0.2) is 0 Å². The first-order valence-corrected chi connectivity index (χ1v) is 6.70. The Morgan fingerprint density at radius 1 is 1.21 bits per heavy atom. The number of likely N-dealkylation sites (N-methyl/N-ethyl adjacent to an activating group) is 1. The van der Waals surface area contributed by atoms with Crippen molar-refractivity contribution in [2.75, 3.05) is 20.1 Å². The van der Waals surface area contributed by atoms with Gasteiger partial charge in [-0.2, -0.15) is 0 Å². The van der Waals surface area contributed by atoms with Crippen LogP contribution in [0.4, 0.5) is 0 Å². The van der Waals surface area contributed by atoms with E-state index in [0.29, 0.717) is 12.5 Å². The van der Waals surface area contributed by atoms with Gasteiger partial charge in [0, 0.05) is 19.1 Å². The molecule has 0 aliphatic rings. The molecule has 5 heteroatoms. The van der Waals surface area contributed by atoms with E-state index in [0.717, 1.165) is 0 Å². The van der Waals surface area contributed by atoms with Gasteiger partial charge in [-0.3, -0.25) is 9.59 Å². The second-order valence-corrected chi connectivity index (χ2v) is 6.71. The Labute approximate surface area is 116 Å². The van der Waals surface area contributed by atoms with Crippen molar-refractivity contribution in [3.05, 3.63) is 0 Å². The molecule has 0 aliphatic heterocycles. The predicted octanol–water partition coefficient (Wildman–Crippen LogP) is 0.981. The third kappa shape index (κ3) is 5.19. The van der Waals surface area contributed by atoms with E-state index in [4.69, 9.17) is 5.73 Å². The van der Waals surface area contributed by atoms with Crippen molar-refractivity contribution in [1.82, 2.24) is 10.2 Å². The number of hydrogen-bond acceptors (Lipinski definition) is 3. The Hall–Kier alpha value is -1.10. The van der Waals surface area contributed by atoms with Crippen LogP contribution in [0.1, 0.15) is 41.5 Å². The fourth-order valence-corrected chi connectivity index (χ4v) is 1.41. The van der Waals surface area contributed by atoms with Crippen LogP contribution in [0.2, 0.25) is 0 Å². The molecule has 19 heavy (non-hydrogen) atoms. The molecule has 0 aromatic rings. The van der Waals surface area contributed by atoms with Crippen molar-refractivity contribution in [1.29, 1.82) is 0 Å². The molecule has 0 saturated carbocycles. The minimum Gasteiger partial charge on any atom is -0.354 e. The molecule has 0 aromatic heterocycles. The van der Waals surface area contributed by atoms with Gasteiger partial charge < -0.3 is 16.0 Å². The molecule has 0 aromatic carbocycles. The number of nitrogens with two attached hydrogens (primary N) is 1. The zero-order valence-corrected chi connectivity index (χ0v) is 13.3. The molecule has 2 amide bonds. The average Bonchev–Trinajstić information content (AvgIpc) is 2.23. The first-order chi connectivity index (χ1) is 8.39. The summed E-state index contributed by atoms with van der Waals surface area (Å²) in [5.74, 6) is 0.124. The van der Waals surface area contributed by atoms with E-state index < -0.39 is 11.0 Å². The molecular formula is C14H29N3O2. The Bertz CT molecular complexity index is 330. The van der Waals surface area contributed by atoms with E-state index in [1.54, 1.807) is 20.9 Å². The molecule has 0 saturated heterocycles. The number of hydrogen-bond donors (Lipinski definition) is 2. The Kier molecular flexibility index (Phi) is 6.00. The fourth-order valence-electron chi connectivity index (χ4n) is 1.41. The van der Waals surface area contributed by atoms with Crippen LogP contribution >= 0.6 is 0 Å². The molecule has 0 fully saturated rings. The van der Waals surface area contributed by atoms with Gasteiger partial charge in [-0.15, -0.1) is 0 Å². The Morgan fingerprint density at radius 2 is 1.68 bits per heavy atom. The second kappa shape index (κ2) is 6.37. The van der Waals surface area contributed by atoms with Crippen molar-refractivity contribution >= 4 is 11.8 Å². The van der Waals surface area contributed by atoms with Crippen molar-refractivity contribution in [3.63, 3.8) is 0 Å². The van der Waals surface area contributed by atoms with E-state index in [1.807, 2.05) is 27.7 Å². The van der Waals surface area contributed by atoms with Gasteiger partial charge in [-0.1, -0.05) is 13.8 Å². The monoisotopic (exact) mass is 271 g/mol. The number of rotatable bonds is 6. The molecule has 0 rings (SSSR count). The SMILES string of the molecule is CC(C)CNC(=O)CN(C)C(=O)C(C)(C)C(C)(C)N. The molecular weight excluding hydrogens is 242 g/mol. The zero-order valence-electron chi connectivity index (χ0n) is 13.3. The molecule has 5 nitrogen and oxygen atoms in total. The van der Waals surface area contributed by atoms with Crippen molar-refractivity contribution in [3.8, 4) is 0 Å². The number of carbonyl (C=O) groups excluding carboxylic acids is 2. The topological polar surface area (TPSA) is 75.4 Å². The summed E-state index contributed by atoms with van der Waals surface area (Å²) in [6.45, 7) is 12.0. The summed E-state index contributed by atoms with van der Waals surface area (Å²) in [5.41, 5.74) is 4.66. The lowest BCUT2D eigenvalue weighted by Gasteiger charge is -2.39.